The summed E-state index contributed by atoms with van der Waals surface area (Å²) in [5.74, 6) is -0.563. The topological polar surface area (TPSA) is 49.8 Å². The van der Waals surface area contributed by atoms with Gasteiger partial charge in [-0.1, -0.05) is 48.9 Å². The van der Waals surface area contributed by atoms with E-state index in [4.69, 9.17) is 4.74 Å². The number of rotatable bonds is 10. The normalized spacial score (nSPS) is 12.2. The number of ether oxygens (including phenoxy) is 1. The smallest absolute Gasteiger partial charge is 0.305 e. The molecule has 0 aliphatic rings. The fraction of sp³-hybridized carbons (Fsp3) is 0.409. The molecule has 0 aromatic heterocycles. The van der Waals surface area contributed by atoms with Crippen molar-refractivity contribution < 1.29 is 19.0 Å². The highest BCUT2D eigenvalue weighted by atomic mass is 19.1. The molecule has 4 nitrogen and oxygen atoms in total. The Morgan fingerprint density at radius 1 is 1.07 bits per heavy atom. The predicted molar refractivity (Wildman–Crippen MR) is 104 cm³/mol. The molecule has 0 spiro atoms. The molecule has 146 valence electrons. The van der Waals surface area contributed by atoms with Crippen LogP contribution in [-0.4, -0.2) is 35.2 Å². The van der Waals surface area contributed by atoms with Gasteiger partial charge in [0.15, 0.2) is 0 Å². The maximum atomic E-state index is 13.2. The fourth-order valence-corrected chi connectivity index (χ4v) is 2.80. The Morgan fingerprint density at radius 2 is 1.63 bits per heavy atom. The van der Waals surface area contributed by atoms with Crippen molar-refractivity contribution in [1.29, 1.82) is 0 Å². The number of esters is 1. The minimum Gasteiger partial charge on any atom is -0.463 e. The molecule has 27 heavy (non-hydrogen) atoms. The van der Waals surface area contributed by atoms with Crippen LogP contribution in [0.4, 0.5) is 4.39 Å². The highest BCUT2D eigenvalue weighted by Gasteiger charge is 2.15. The Hall–Kier alpha value is -2.24. The zero-order valence-electron chi connectivity index (χ0n) is 16.0. The molecule has 2 aromatic rings. The monoisotopic (exact) mass is 373 g/mol. The average molecular weight is 373 g/mol. The van der Waals surface area contributed by atoms with Crippen molar-refractivity contribution in [2.24, 2.45) is 0 Å². The van der Waals surface area contributed by atoms with E-state index in [-0.39, 0.29) is 18.4 Å². The Labute approximate surface area is 160 Å². The van der Waals surface area contributed by atoms with Crippen molar-refractivity contribution in [3.05, 3.63) is 71.0 Å². The van der Waals surface area contributed by atoms with E-state index >= 15 is 0 Å². The number of halogens is 1. The summed E-state index contributed by atoms with van der Waals surface area (Å²) in [5, 5.41) is 10.3. The molecule has 1 atom stereocenters. The van der Waals surface area contributed by atoms with Crippen molar-refractivity contribution >= 4 is 5.97 Å². The van der Waals surface area contributed by atoms with E-state index in [1.807, 2.05) is 26.0 Å². The molecule has 0 heterocycles. The van der Waals surface area contributed by atoms with Gasteiger partial charge in [-0.3, -0.25) is 9.69 Å². The number of aliphatic hydroxyl groups is 1. The van der Waals surface area contributed by atoms with Crippen LogP contribution >= 0.6 is 0 Å². The van der Waals surface area contributed by atoms with Crippen LogP contribution < -0.4 is 0 Å². The van der Waals surface area contributed by atoms with E-state index in [9.17, 15) is 14.3 Å². The van der Waals surface area contributed by atoms with Gasteiger partial charge in [-0.05, 0) is 36.6 Å². The SMILES string of the molecule is CCCC(=O)OC[C@H](O)CN(Cc1ccc(C)cc1)Cc1ccc(F)cc1. The van der Waals surface area contributed by atoms with Gasteiger partial charge in [-0.2, -0.15) is 0 Å². The molecule has 5 heteroatoms. The molecule has 0 unspecified atom stereocenters. The minimum absolute atomic E-state index is 0.0212. The minimum atomic E-state index is -0.781. The molecule has 0 saturated heterocycles. The van der Waals surface area contributed by atoms with Gasteiger partial charge in [-0.25, -0.2) is 4.39 Å². The average Bonchev–Trinajstić information content (AvgIpc) is 2.64. The number of nitrogens with zero attached hydrogens (tertiary/aromatic N) is 1. The Kier molecular flexibility index (Phi) is 8.43. The van der Waals surface area contributed by atoms with Crippen LogP contribution in [0, 0.1) is 12.7 Å². The van der Waals surface area contributed by atoms with Crippen molar-refractivity contribution in [1.82, 2.24) is 4.90 Å². The van der Waals surface area contributed by atoms with Gasteiger partial charge in [0.2, 0.25) is 0 Å². The predicted octanol–water partition coefficient (Wildman–Crippen LogP) is 3.84. The third kappa shape index (κ3) is 7.89. The number of hydrogen-bond acceptors (Lipinski definition) is 4. The zero-order chi connectivity index (χ0) is 19.6. The summed E-state index contributed by atoms with van der Waals surface area (Å²) >= 11 is 0. The Morgan fingerprint density at radius 3 is 2.19 bits per heavy atom. The molecule has 0 fully saturated rings. The maximum absolute atomic E-state index is 13.2. The van der Waals surface area contributed by atoms with Crippen LogP contribution in [0.5, 0.6) is 0 Å². The number of aliphatic hydroxyl groups excluding tert-OH is 1. The van der Waals surface area contributed by atoms with Gasteiger partial charge in [0.05, 0.1) is 0 Å². The van der Waals surface area contributed by atoms with Crippen LogP contribution in [0.2, 0.25) is 0 Å². The number of aryl methyl sites for hydroxylation is 1. The quantitative estimate of drug-likeness (QED) is 0.643. The van der Waals surface area contributed by atoms with Gasteiger partial charge in [0.25, 0.3) is 0 Å². The molecule has 2 aromatic carbocycles. The number of hydrogen-bond donors (Lipinski definition) is 1. The second-order valence-corrected chi connectivity index (χ2v) is 6.87. The van der Waals surface area contributed by atoms with Crippen molar-refractivity contribution in [2.45, 2.75) is 45.9 Å². The van der Waals surface area contributed by atoms with Crippen LogP contribution in [0.3, 0.4) is 0 Å². The fourth-order valence-electron chi connectivity index (χ4n) is 2.80. The summed E-state index contributed by atoms with van der Waals surface area (Å²) in [6.07, 6.45) is 0.297. The molecule has 2 rings (SSSR count). The highest BCUT2D eigenvalue weighted by molar-refractivity contribution is 5.69. The summed E-state index contributed by atoms with van der Waals surface area (Å²) in [6, 6.07) is 14.6. The Bertz CT molecular complexity index is 653. The molecule has 0 aliphatic heterocycles. The second kappa shape index (κ2) is 10.8. The summed E-state index contributed by atoms with van der Waals surface area (Å²) < 4.78 is 18.3. The van der Waals surface area contributed by atoms with E-state index in [2.05, 4.69) is 17.0 Å². The first-order chi connectivity index (χ1) is 13.0. The van der Waals surface area contributed by atoms with E-state index in [1.54, 1.807) is 12.1 Å². The first kappa shape index (κ1) is 21.1. The van der Waals surface area contributed by atoms with E-state index < -0.39 is 6.10 Å². The molecule has 0 radical (unpaired) electrons. The molecule has 0 bridgehead atoms. The van der Waals surface area contributed by atoms with Crippen molar-refractivity contribution in [2.75, 3.05) is 13.2 Å². The summed E-state index contributed by atoms with van der Waals surface area (Å²) in [5.41, 5.74) is 3.27. The van der Waals surface area contributed by atoms with Gasteiger partial charge < -0.3 is 9.84 Å². The van der Waals surface area contributed by atoms with Crippen LogP contribution in [0.1, 0.15) is 36.5 Å². The second-order valence-electron chi connectivity index (χ2n) is 6.87. The van der Waals surface area contributed by atoms with Crippen molar-refractivity contribution in [3.63, 3.8) is 0 Å². The van der Waals surface area contributed by atoms with Gasteiger partial charge in [0.1, 0.15) is 18.5 Å². The number of carbonyl (C=O) groups excluding carboxylic acids is 1. The lowest BCUT2D eigenvalue weighted by atomic mass is 10.1. The Balaban J connectivity index is 2.00. The van der Waals surface area contributed by atoms with Crippen LogP contribution in [-0.2, 0) is 22.6 Å². The standard InChI is InChI=1S/C22H28FNO3/c1-3-4-22(26)27-16-21(25)15-24(13-18-7-5-17(2)6-8-18)14-19-9-11-20(23)12-10-19/h5-12,21,25H,3-4,13-16H2,1-2H3/t21-/m1/s1. The third-order valence-electron chi connectivity index (χ3n) is 4.21. The molecule has 0 amide bonds. The largest absolute Gasteiger partial charge is 0.463 e. The van der Waals surface area contributed by atoms with Crippen molar-refractivity contribution in [3.8, 4) is 0 Å². The molecule has 1 N–H and O–H groups in total. The molecular weight excluding hydrogens is 345 g/mol. The number of carbonyl (C=O) groups is 1. The van der Waals surface area contributed by atoms with Crippen LogP contribution in [0.25, 0.3) is 0 Å². The zero-order valence-corrected chi connectivity index (χ0v) is 16.0. The lowest BCUT2D eigenvalue weighted by molar-refractivity contribution is -0.147. The number of benzene rings is 2. The molecule has 0 aliphatic carbocycles. The van der Waals surface area contributed by atoms with E-state index in [0.717, 1.165) is 17.5 Å². The molecular formula is C22H28FNO3. The maximum Gasteiger partial charge on any atom is 0.305 e. The first-order valence-electron chi connectivity index (χ1n) is 9.32. The third-order valence-corrected chi connectivity index (χ3v) is 4.21. The van der Waals surface area contributed by atoms with Crippen LogP contribution in [0.15, 0.2) is 48.5 Å². The molecule has 0 saturated carbocycles. The summed E-state index contributed by atoms with van der Waals surface area (Å²) in [6.45, 7) is 5.47. The van der Waals surface area contributed by atoms with E-state index in [1.165, 1.54) is 17.7 Å². The lowest BCUT2D eigenvalue weighted by Gasteiger charge is -2.25. The van der Waals surface area contributed by atoms with Gasteiger partial charge >= 0.3 is 5.97 Å². The lowest BCUT2D eigenvalue weighted by Crippen LogP contribution is -2.34. The van der Waals surface area contributed by atoms with E-state index in [0.29, 0.717) is 26.1 Å². The van der Waals surface area contributed by atoms with Gasteiger partial charge in [0, 0.05) is 26.1 Å². The summed E-state index contributed by atoms with van der Waals surface area (Å²) in [7, 11) is 0. The van der Waals surface area contributed by atoms with Gasteiger partial charge in [-0.15, -0.1) is 0 Å². The highest BCUT2D eigenvalue weighted by Crippen LogP contribution is 2.13. The first-order valence-corrected chi connectivity index (χ1v) is 9.32. The summed E-state index contributed by atoms with van der Waals surface area (Å²) in [4.78, 5) is 13.6.